The number of hydrogen-bond acceptors (Lipinski definition) is 4. The van der Waals surface area contributed by atoms with Gasteiger partial charge in [-0.2, -0.15) is 0 Å². The van der Waals surface area contributed by atoms with E-state index in [-0.39, 0.29) is 19.1 Å². The van der Waals surface area contributed by atoms with Gasteiger partial charge in [-0.15, -0.1) is 0 Å². The van der Waals surface area contributed by atoms with Gasteiger partial charge in [-0.05, 0) is 6.92 Å². The minimum atomic E-state index is -0.924. The van der Waals surface area contributed by atoms with E-state index >= 15 is 0 Å². The van der Waals surface area contributed by atoms with Crippen LogP contribution in [0, 0.1) is 0 Å². The van der Waals surface area contributed by atoms with Gasteiger partial charge in [0.25, 0.3) is 0 Å². The molecule has 5 heteroatoms. The van der Waals surface area contributed by atoms with E-state index in [1.165, 1.54) is 11.8 Å². The van der Waals surface area contributed by atoms with Crippen molar-refractivity contribution in [3.63, 3.8) is 0 Å². The first kappa shape index (κ1) is 11.5. The number of aliphatic hydroxyl groups is 2. The first-order valence-corrected chi connectivity index (χ1v) is 3.97. The van der Waals surface area contributed by atoms with E-state index in [9.17, 15) is 4.79 Å². The Bertz CT molecular complexity index is 169. The summed E-state index contributed by atoms with van der Waals surface area (Å²) in [5.41, 5.74) is 0. The lowest BCUT2D eigenvalue weighted by molar-refractivity contribution is -0.126. The van der Waals surface area contributed by atoms with E-state index < -0.39 is 6.10 Å². The van der Waals surface area contributed by atoms with Gasteiger partial charge < -0.3 is 15.1 Å². The third-order valence-corrected chi connectivity index (χ3v) is 1.58. The molecule has 0 aliphatic rings. The molecule has 0 heterocycles. The number of carbonyl (C=O) groups excluding carboxylic acids is 1. The van der Waals surface area contributed by atoms with Gasteiger partial charge in [-0.3, -0.25) is 4.79 Å². The van der Waals surface area contributed by atoms with Gasteiger partial charge in [0, 0.05) is 6.92 Å². The van der Waals surface area contributed by atoms with Crippen LogP contribution in [0.2, 0.25) is 0 Å². The molecule has 12 heavy (non-hydrogen) atoms. The molecule has 0 saturated carbocycles. The van der Waals surface area contributed by atoms with Gasteiger partial charge in [0.05, 0.1) is 24.2 Å². The normalized spacial score (nSPS) is 12.3. The van der Waals surface area contributed by atoms with E-state index in [0.29, 0.717) is 4.99 Å². The molecule has 1 unspecified atom stereocenters. The van der Waals surface area contributed by atoms with E-state index in [1.54, 1.807) is 6.92 Å². The summed E-state index contributed by atoms with van der Waals surface area (Å²) in [4.78, 5) is 12.5. The molecule has 1 amide bonds. The highest BCUT2D eigenvalue weighted by Gasteiger charge is 2.14. The summed E-state index contributed by atoms with van der Waals surface area (Å²) in [7, 11) is 0. The summed E-state index contributed by atoms with van der Waals surface area (Å²) in [6.07, 6.45) is -0.924. The predicted octanol–water partition coefficient (Wildman–Crippen LogP) is -0.465. The molecule has 0 spiro atoms. The molecule has 0 aromatic heterocycles. The van der Waals surface area contributed by atoms with Crippen LogP contribution in [0.4, 0.5) is 0 Å². The first-order chi connectivity index (χ1) is 5.49. The smallest absolute Gasteiger partial charge is 0.224 e. The van der Waals surface area contributed by atoms with Crippen molar-refractivity contribution in [1.29, 1.82) is 0 Å². The zero-order chi connectivity index (χ0) is 9.72. The molecule has 0 saturated heterocycles. The van der Waals surface area contributed by atoms with Crippen LogP contribution in [0.15, 0.2) is 0 Å². The van der Waals surface area contributed by atoms with E-state index in [0.717, 1.165) is 0 Å². The number of nitrogens with zero attached hydrogens (tertiary/aromatic N) is 1. The quantitative estimate of drug-likeness (QED) is 0.592. The largest absolute Gasteiger partial charge is 0.394 e. The lowest BCUT2D eigenvalue weighted by Gasteiger charge is -2.21. The van der Waals surface area contributed by atoms with E-state index in [4.69, 9.17) is 22.4 Å². The Morgan fingerprint density at radius 3 is 2.33 bits per heavy atom. The third kappa shape index (κ3) is 3.75. The van der Waals surface area contributed by atoms with Crippen LogP contribution < -0.4 is 0 Å². The lowest BCUT2D eigenvalue weighted by atomic mass is 10.3. The predicted molar refractivity (Wildman–Crippen MR) is 48.8 cm³/mol. The van der Waals surface area contributed by atoms with Crippen LogP contribution in [0.25, 0.3) is 0 Å². The molecule has 70 valence electrons. The topological polar surface area (TPSA) is 60.8 Å². The lowest BCUT2D eigenvalue weighted by Crippen LogP contribution is -2.39. The number of hydrogen-bond donors (Lipinski definition) is 2. The second-order valence-electron chi connectivity index (χ2n) is 2.49. The Labute approximate surface area is 76.8 Å². The zero-order valence-electron chi connectivity index (χ0n) is 7.15. The second-order valence-corrected chi connectivity index (χ2v) is 3.08. The Hall–Kier alpha value is -0.520. The minimum Gasteiger partial charge on any atom is -0.394 e. The summed E-state index contributed by atoms with van der Waals surface area (Å²) in [6.45, 7) is 2.65. The summed E-state index contributed by atoms with van der Waals surface area (Å²) in [5.74, 6) is -0.227. The minimum absolute atomic E-state index is 0.0567. The van der Waals surface area contributed by atoms with Crippen molar-refractivity contribution in [3.05, 3.63) is 0 Å². The second kappa shape index (κ2) is 5.18. The fraction of sp³-hybridized carbons (Fsp3) is 0.714. The number of carbonyl (C=O) groups is 1. The van der Waals surface area contributed by atoms with Crippen molar-refractivity contribution < 1.29 is 15.0 Å². The number of thiocarbonyl (C=S) groups is 1. The average Bonchev–Trinajstić information content (AvgIpc) is 1.98. The van der Waals surface area contributed by atoms with Gasteiger partial charge in [-0.25, -0.2) is 0 Å². The van der Waals surface area contributed by atoms with Crippen LogP contribution in [0.5, 0.6) is 0 Å². The van der Waals surface area contributed by atoms with Crippen molar-refractivity contribution in [1.82, 2.24) is 4.90 Å². The highest BCUT2D eigenvalue weighted by Crippen LogP contribution is 1.96. The summed E-state index contributed by atoms with van der Waals surface area (Å²) < 4.78 is 0. The van der Waals surface area contributed by atoms with Gasteiger partial charge in [0.15, 0.2) is 0 Å². The average molecular weight is 191 g/mol. The van der Waals surface area contributed by atoms with E-state index in [1.807, 2.05) is 0 Å². The standard InChI is InChI=1S/C7H13NO3S/c1-5(10)8(6(2)12)3-7(11)4-9/h7,9,11H,3-4H2,1-2H3. The molecule has 0 aliphatic heterocycles. The molecule has 0 radical (unpaired) electrons. The molecule has 0 aliphatic carbocycles. The first-order valence-electron chi connectivity index (χ1n) is 3.56. The fourth-order valence-corrected chi connectivity index (χ4v) is 0.950. The molecule has 0 rings (SSSR count). The van der Waals surface area contributed by atoms with Crippen LogP contribution in [-0.4, -0.2) is 45.3 Å². The maximum absolute atomic E-state index is 10.9. The molecule has 1 atom stereocenters. The van der Waals surface area contributed by atoms with Gasteiger partial charge in [-0.1, -0.05) is 12.2 Å². The van der Waals surface area contributed by atoms with Gasteiger partial charge in [0.2, 0.25) is 5.91 Å². The molecule has 2 N–H and O–H groups in total. The van der Waals surface area contributed by atoms with Crippen molar-refractivity contribution in [2.45, 2.75) is 20.0 Å². The Morgan fingerprint density at radius 1 is 1.58 bits per heavy atom. The fourth-order valence-electron chi connectivity index (χ4n) is 0.747. The van der Waals surface area contributed by atoms with Gasteiger partial charge in [0.1, 0.15) is 0 Å². The van der Waals surface area contributed by atoms with Gasteiger partial charge >= 0.3 is 0 Å². The number of rotatable bonds is 3. The highest BCUT2D eigenvalue weighted by molar-refractivity contribution is 7.80. The highest BCUT2D eigenvalue weighted by atomic mass is 32.1. The van der Waals surface area contributed by atoms with Crippen LogP contribution in [0.1, 0.15) is 13.8 Å². The molecule has 0 aromatic carbocycles. The van der Waals surface area contributed by atoms with Crippen molar-refractivity contribution in [2.75, 3.05) is 13.2 Å². The Morgan fingerprint density at radius 2 is 2.08 bits per heavy atom. The molecule has 4 nitrogen and oxygen atoms in total. The van der Waals surface area contributed by atoms with Crippen LogP contribution >= 0.6 is 12.2 Å². The van der Waals surface area contributed by atoms with Crippen LogP contribution in [0.3, 0.4) is 0 Å². The van der Waals surface area contributed by atoms with Crippen molar-refractivity contribution in [2.24, 2.45) is 0 Å². The van der Waals surface area contributed by atoms with Crippen molar-refractivity contribution >= 4 is 23.1 Å². The summed E-state index contributed by atoms with van der Waals surface area (Å²) in [6, 6.07) is 0. The summed E-state index contributed by atoms with van der Waals surface area (Å²) >= 11 is 4.77. The number of amides is 1. The maximum atomic E-state index is 10.9. The zero-order valence-corrected chi connectivity index (χ0v) is 7.97. The van der Waals surface area contributed by atoms with E-state index in [2.05, 4.69) is 0 Å². The summed E-state index contributed by atoms with van der Waals surface area (Å²) in [5, 5.41) is 17.5. The number of aliphatic hydroxyl groups excluding tert-OH is 2. The SMILES string of the molecule is CC(=O)N(CC(O)CO)C(C)=S. The Balaban J connectivity index is 4.14. The van der Waals surface area contributed by atoms with Crippen molar-refractivity contribution in [3.8, 4) is 0 Å². The Kier molecular flexibility index (Phi) is 4.96. The third-order valence-electron chi connectivity index (χ3n) is 1.36. The molecule has 0 bridgehead atoms. The molecular formula is C7H13NO3S. The molecular weight excluding hydrogens is 178 g/mol. The van der Waals surface area contributed by atoms with Crippen LogP contribution in [-0.2, 0) is 4.79 Å². The monoisotopic (exact) mass is 191 g/mol. The molecule has 0 fully saturated rings. The molecule has 0 aromatic rings. The maximum Gasteiger partial charge on any atom is 0.224 e.